The monoisotopic (exact) mass is 461 g/mol. The number of amides is 3. The molecular weight excluding hydrogens is 434 g/mol. The third-order valence-electron chi connectivity index (χ3n) is 5.81. The summed E-state index contributed by atoms with van der Waals surface area (Å²) in [6.45, 7) is 2.38. The van der Waals surface area contributed by atoms with Gasteiger partial charge in [-0.25, -0.2) is 0 Å². The van der Waals surface area contributed by atoms with Gasteiger partial charge in [-0.15, -0.1) is 11.3 Å². The molecule has 3 amide bonds. The molecule has 3 aromatic rings. The molecule has 6 nitrogen and oxygen atoms in total. The highest BCUT2D eigenvalue weighted by molar-refractivity contribution is 7.10. The van der Waals surface area contributed by atoms with Crippen LogP contribution < -0.4 is 15.5 Å². The van der Waals surface area contributed by atoms with Gasteiger partial charge >= 0.3 is 0 Å². The van der Waals surface area contributed by atoms with Crippen LogP contribution in [0.3, 0.4) is 0 Å². The molecule has 1 aromatic heterocycles. The Balaban J connectivity index is 1.39. The van der Waals surface area contributed by atoms with Crippen molar-refractivity contribution in [3.8, 4) is 0 Å². The fourth-order valence-electron chi connectivity index (χ4n) is 4.12. The summed E-state index contributed by atoms with van der Waals surface area (Å²) in [6, 6.07) is 21.1. The van der Waals surface area contributed by atoms with Gasteiger partial charge in [-0.1, -0.05) is 54.1 Å². The van der Waals surface area contributed by atoms with Crippen molar-refractivity contribution in [3.05, 3.63) is 88.1 Å². The van der Waals surface area contributed by atoms with Gasteiger partial charge in [0.15, 0.2) is 0 Å². The minimum atomic E-state index is -0.561. The highest BCUT2D eigenvalue weighted by atomic mass is 32.1. The highest BCUT2D eigenvalue weighted by Gasteiger charge is 2.45. The van der Waals surface area contributed by atoms with E-state index in [4.69, 9.17) is 0 Å². The standard InChI is InChI=1S/C26H27N3O3S/c1-18-9-11-20(12-10-18)29-24(31)16-21(25(29)22-8-5-15-33-22)26(32)28-17-23(30)27-14-13-19-6-3-2-4-7-19/h2-12,15,21,25H,13-14,16-17H2,1H3,(H,27,30)(H,28,32). The van der Waals surface area contributed by atoms with Gasteiger partial charge in [0.25, 0.3) is 0 Å². The number of aryl methyl sites for hydroxylation is 1. The van der Waals surface area contributed by atoms with Gasteiger partial charge in [-0.3, -0.25) is 14.4 Å². The molecule has 4 rings (SSSR count). The Morgan fingerprint density at radius 3 is 2.45 bits per heavy atom. The number of nitrogens with one attached hydrogen (secondary N) is 2. The molecule has 1 aliphatic rings. The van der Waals surface area contributed by atoms with E-state index in [0.29, 0.717) is 6.54 Å². The number of rotatable bonds is 8. The first-order chi connectivity index (χ1) is 16.0. The predicted octanol–water partition coefficient (Wildman–Crippen LogP) is 3.63. The van der Waals surface area contributed by atoms with E-state index in [1.165, 1.54) is 11.3 Å². The van der Waals surface area contributed by atoms with Crippen LogP contribution in [0.15, 0.2) is 72.1 Å². The van der Waals surface area contributed by atoms with Gasteiger partial charge in [0.05, 0.1) is 18.5 Å². The van der Waals surface area contributed by atoms with Crippen molar-refractivity contribution in [1.29, 1.82) is 0 Å². The van der Waals surface area contributed by atoms with Crippen molar-refractivity contribution < 1.29 is 14.4 Å². The van der Waals surface area contributed by atoms with Crippen LogP contribution in [-0.2, 0) is 20.8 Å². The van der Waals surface area contributed by atoms with Crippen molar-refractivity contribution in [2.45, 2.75) is 25.8 Å². The molecule has 2 unspecified atom stereocenters. The molecular formula is C26H27N3O3S. The number of carbonyl (C=O) groups excluding carboxylic acids is 3. The van der Waals surface area contributed by atoms with Crippen LogP contribution in [0.5, 0.6) is 0 Å². The Labute approximate surface area is 197 Å². The Hall–Kier alpha value is -3.45. The van der Waals surface area contributed by atoms with Crippen molar-refractivity contribution in [2.24, 2.45) is 5.92 Å². The molecule has 0 aliphatic carbocycles. The summed E-state index contributed by atoms with van der Waals surface area (Å²) >= 11 is 1.53. The molecule has 1 saturated heterocycles. The summed E-state index contributed by atoms with van der Waals surface area (Å²) in [6.07, 6.45) is 0.835. The first kappa shape index (κ1) is 22.7. The van der Waals surface area contributed by atoms with E-state index in [0.717, 1.165) is 28.1 Å². The molecule has 170 valence electrons. The van der Waals surface area contributed by atoms with E-state index in [1.54, 1.807) is 4.90 Å². The first-order valence-electron chi connectivity index (χ1n) is 11.0. The summed E-state index contributed by atoms with van der Waals surface area (Å²) in [5.74, 6) is -1.18. The zero-order chi connectivity index (χ0) is 23.2. The molecule has 1 aliphatic heterocycles. The lowest BCUT2D eigenvalue weighted by molar-refractivity contribution is -0.129. The number of nitrogens with zero attached hydrogens (tertiary/aromatic N) is 1. The van der Waals surface area contributed by atoms with E-state index in [2.05, 4.69) is 10.6 Å². The lowest BCUT2D eigenvalue weighted by Crippen LogP contribution is -2.41. The molecule has 7 heteroatoms. The van der Waals surface area contributed by atoms with Crippen molar-refractivity contribution in [1.82, 2.24) is 10.6 Å². The van der Waals surface area contributed by atoms with E-state index >= 15 is 0 Å². The molecule has 2 atom stereocenters. The fourth-order valence-corrected chi connectivity index (χ4v) is 5.00. The molecule has 0 spiro atoms. The third-order valence-corrected chi connectivity index (χ3v) is 6.75. The fraction of sp³-hybridized carbons (Fsp3) is 0.269. The van der Waals surface area contributed by atoms with Crippen LogP contribution in [-0.4, -0.2) is 30.8 Å². The van der Waals surface area contributed by atoms with Gasteiger partial charge in [-0.2, -0.15) is 0 Å². The van der Waals surface area contributed by atoms with Gasteiger partial charge in [0.2, 0.25) is 17.7 Å². The van der Waals surface area contributed by atoms with E-state index in [-0.39, 0.29) is 36.7 Å². The lowest BCUT2D eigenvalue weighted by Gasteiger charge is -2.27. The number of hydrogen-bond donors (Lipinski definition) is 2. The van der Waals surface area contributed by atoms with Crippen molar-refractivity contribution in [2.75, 3.05) is 18.0 Å². The summed E-state index contributed by atoms with van der Waals surface area (Å²) < 4.78 is 0. The predicted molar refractivity (Wildman–Crippen MR) is 130 cm³/mol. The SMILES string of the molecule is Cc1ccc(N2C(=O)CC(C(=O)NCC(=O)NCCc3ccccc3)C2c2cccs2)cc1. The number of thiophene rings is 1. The molecule has 0 bridgehead atoms. The van der Waals surface area contributed by atoms with Crippen LogP contribution in [0.25, 0.3) is 0 Å². The average Bonchev–Trinajstić information content (AvgIpc) is 3.46. The Morgan fingerprint density at radius 1 is 1.00 bits per heavy atom. The largest absolute Gasteiger partial charge is 0.354 e. The Bertz CT molecular complexity index is 1100. The minimum absolute atomic E-state index is 0.0929. The van der Waals surface area contributed by atoms with Gasteiger partial charge < -0.3 is 15.5 Å². The summed E-state index contributed by atoms with van der Waals surface area (Å²) in [5.41, 5.74) is 3.02. The Kier molecular flexibility index (Phi) is 7.19. The highest BCUT2D eigenvalue weighted by Crippen LogP contribution is 2.43. The first-order valence-corrected chi connectivity index (χ1v) is 11.9. The van der Waals surface area contributed by atoms with Crippen molar-refractivity contribution in [3.63, 3.8) is 0 Å². The van der Waals surface area contributed by atoms with Crippen LogP contribution in [0.2, 0.25) is 0 Å². The minimum Gasteiger partial charge on any atom is -0.354 e. The van der Waals surface area contributed by atoms with Crippen molar-refractivity contribution >= 4 is 34.7 Å². The Morgan fingerprint density at radius 2 is 1.76 bits per heavy atom. The third kappa shape index (κ3) is 5.49. The molecule has 2 heterocycles. The molecule has 2 aromatic carbocycles. The van der Waals surface area contributed by atoms with Crippen LogP contribution in [0, 0.1) is 12.8 Å². The molecule has 0 saturated carbocycles. The lowest BCUT2D eigenvalue weighted by atomic mass is 9.97. The second-order valence-corrected chi connectivity index (χ2v) is 9.15. The smallest absolute Gasteiger partial charge is 0.239 e. The molecule has 33 heavy (non-hydrogen) atoms. The van der Waals surface area contributed by atoms with Gasteiger partial charge in [-0.05, 0) is 42.5 Å². The van der Waals surface area contributed by atoms with Crippen LogP contribution in [0.4, 0.5) is 5.69 Å². The maximum absolute atomic E-state index is 13.1. The molecule has 2 N–H and O–H groups in total. The van der Waals surface area contributed by atoms with E-state index < -0.39 is 5.92 Å². The maximum atomic E-state index is 13.1. The van der Waals surface area contributed by atoms with Crippen LogP contribution >= 0.6 is 11.3 Å². The van der Waals surface area contributed by atoms with Gasteiger partial charge in [0.1, 0.15) is 0 Å². The number of hydrogen-bond acceptors (Lipinski definition) is 4. The second-order valence-electron chi connectivity index (χ2n) is 8.17. The number of carbonyl (C=O) groups is 3. The number of benzene rings is 2. The molecule has 1 fully saturated rings. The maximum Gasteiger partial charge on any atom is 0.239 e. The summed E-state index contributed by atoms with van der Waals surface area (Å²) in [5, 5.41) is 7.52. The number of anilines is 1. The zero-order valence-electron chi connectivity index (χ0n) is 18.5. The normalized spacial score (nSPS) is 17.7. The van der Waals surface area contributed by atoms with E-state index in [1.807, 2.05) is 79.0 Å². The van der Waals surface area contributed by atoms with E-state index in [9.17, 15) is 14.4 Å². The average molecular weight is 462 g/mol. The summed E-state index contributed by atoms with van der Waals surface area (Å²) in [7, 11) is 0. The quantitative estimate of drug-likeness (QED) is 0.538. The van der Waals surface area contributed by atoms with Gasteiger partial charge in [0, 0.05) is 23.5 Å². The topological polar surface area (TPSA) is 78.5 Å². The zero-order valence-corrected chi connectivity index (χ0v) is 19.3. The second kappa shape index (κ2) is 10.4. The molecule has 0 radical (unpaired) electrons. The summed E-state index contributed by atoms with van der Waals surface area (Å²) in [4.78, 5) is 40.9. The van der Waals surface area contributed by atoms with Crippen LogP contribution in [0.1, 0.15) is 28.5 Å².